The van der Waals surface area contributed by atoms with E-state index in [1.54, 1.807) is 6.92 Å². The van der Waals surface area contributed by atoms with E-state index in [2.05, 4.69) is 96.5 Å². The van der Waals surface area contributed by atoms with E-state index in [4.69, 9.17) is 24.8 Å². The average Bonchev–Trinajstić information content (AvgIpc) is 3.20. The third-order valence-electron chi connectivity index (χ3n) is 8.02. The molecule has 0 radical (unpaired) electrons. The molecule has 332 valence electrons. The lowest BCUT2D eigenvalue weighted by Crippen LogP contribution is -2.34. The van der Waals surface area contributed by atoms with E-state index in [-0.39, 0.29) is 18.9 Å². The Bertz CT molecular complexity index is 1430. The third kappa shape index (κ3) is 40.7. The second-order valence-electron chi connectivity index (χ2n) is 13.7. The second-order valence-corrected chi connectivity index (χ2v) is 15.1. The van der Waals surface area contributed by atoms with Crippen molar-refractivity contribution in [2.75, 3.05) is 19.8 Å². The molecule has 0 aliphatic carbocycles. The first-order valence-corrected chi connectivity index (χ1v) is 22.4. The minimum absolute atomic E-state index is 0.0540. The highest BCUT2D eigenvalue weighted by atomic mass is 31.2. The lowest BCUT2D eigenvalue weighted by atomic mass is 10.1. The molecule has 0 saturated carbocycles. The number of unbranched alkanes of at least 4 members (excludes halogenated alkanes) is 3. The Labute approximate surface area is 353 Å². The van der Waals surface area contributed by atoms with Gasteiger partial charge in [-0.15, -0.1) is 0 Å². The fourth-order valence-electron chi connectivity index (χ4n) is 4.76. The van der Waals surface area contributed by atoms with Gasteiger partial charge in [0.05, 0.1) is 19.3 Å². The van der Waals surface area contributed by atoms with Crippen molar-refractivity contribution in [1.29, 1.82) is 0 Å². The minimum atomic E-state index is -4.76. The highest BCUT2D eigenvalue weighted by Gasteiger charge is 2.28. The van der Waals surface area contributed by atoms with Gasteiger partial charge in [0.2, 0.25) is 0 Å². The van der Waals surface area contributed by atoms with Gasteiger partial charge in [0.15, 0.2) is 6.10 Å². The molecule has 0 spiro atoms. The average molecular weight is 846 g/mol. The van der Waals surface area contributed by atoms with Gasteiger partial charge < -0.3 is 30.3 Å². The van der Waals surface area contributed by atoms with Crippen molar-refractivity contribution in [3.63, 3.8) is 0 Å². The Kier molecular flexibility index (Phi) is 36.9. The molecule has 0 aliphatic heterocycles. The molecule has 4 atom stereocenters. The van der Waals surface area contributed by atoms with Gasteiger partial charge in [0.25, 0.3) is 0 Å². The number of phosphoric acid groups is 1. The van der Waals surface area contributed by atoms with Crippen LogP contribution in [0.15, 0.2) is 109 Å². The standard InChI is InChI=1S/C46H72NO11P/c1-3-4-5-6-7-8-9-10-11-12-15-18-21-24-27-30-33-36-44(49)55-38-42(39-56-59(53,54)57-40-43(47)46(51)52)58-45(50)37-34-31-28-25-22-19-16-13-14-17-20-23-26-29-32-35-41(2)48/h4-5,7-8,10-11,14-19,23-28,41-43,48H,3,6,9,12-13,20-22,29-40,47H2,1-2H3,(H,51,52)(H,53,54)/b5-4-,8-7-,11-10-,17-14-,18-15-,19-16-,26-23-,27-24-,28-25-/t41-,42+,43-/m0/s1. The molecule has 0 heterocycles. The molecule has 0 saturated heterocycles. The summed E-state index contributed by atoms with van der Waals surface area (Å²) in [6.45, 7) is 2.09. The molecule has 0 aliphatic rings. The summed E-state index contributed by atoms with van der Waals surface area (Å²) >= 11 is 0. The van der Waals surface area contributed by atoms with E-state index in [1.807, 2.05) is 24.3 Å². The number of carbonyl (C=O) groups excluding carboxylic acids is 2. The number of carboxylic acids is 1. The number of nitrogens with two attached hydrogens (primary N) is 1. The lowest BCUT2D eigenvalue weighted by molar-refractivity contribution is -0.161. The van der Waals surface area contributed by atoms with Crippen molar-refractivity contribution in [2.45, 2.75) is 141 Å². The number of aliphatic carboxylic acids is 1. The van der Waals surface area contributed by atoms with Crippen LogP contribution in [0.3, 0.4) is 0 Å². The monoisotopic (exact) mass is 845 g/mol. The molecule has 0 aromatic heterocycles. The molecule has 13 heteroatoms. The Hall–Kier alpha value is -3.90. The summed E-state index contributed by atoms with van der Waals surface area (Å²) < 4.78 is 32.5. The predicted octanol–water partition coefficient (Wildman–Crippen LogP) is 10.0. The number of carboxylic acid groups (broad SMARTS) is 1. The highest BCUT2D eigenvalue weighted by molar-refractivity contribution is 7.47. The summed E-state index contributed by atoms with van der Waals surface area (Å²) in [5.74, 6) is -2.57. The highest BCUT2D eigenvalue weighted by Crippen LogP contribution is 2.43. The van der Waals surface area contributed by atoms with Gasteiger partial charge in [-0.25, -0.2) is 4.57 Å². The van der Waals surface area contributed by atoms with Crippen molar-refractivity contribution in [2.24, 2.45) is 5.73 Å². The van der Waals surface area contributed by atoms with Gasteiger partial charge in [-0.05, 0) is 103 Å². The van der Waals surface area contributed by atoms with Crippen LogP contribution >= 0.6 is 7.82 Å². The Morgan fingerprint density at radius 1 is 0.593 bits per heavy atom. The number of aliphatic hydroxyl groups excluding tert-OH is 1. The third-order valence-corrected chi connectivity index (χ3v) is 8.97. The maximum Gasteiger partial charge on any atom is 0.472 e. The first kappa shape index (κ1) is 55.1. The number of hydrogen-bond donors (Lipinski definition) is 4. The number of phosphoric ester groups is 1. The van der Waals surface area contributed by atoms with Crippen LogP contribution < -0.4 is 5.73 Å². The number of hydrogen-bond acceptors (Lipinski definition) is 10. The molecular weight excluding hydrogens is 773 g/mol. The van der Waals surface area contributed by atoms with E-state index >= 15 is 0 Å². The SMILES string of the molecule is CC/C=C\C/C=C\C/C=C\C/C=C\C/C=C\CCCC(=O)OC[C@H](COP(=O)(O)OC[C@H](N)C(=O)O)OC(=O)CCC/C=C\C/C=C\C/C=C\C/C=C\CCC[C@H](C)O. The molecule has 59 heavy (non-hydrogen) atoms. The first-order chi connectivity index (χ1) is 28.5. The van der Waals surface area contributed by atoms with Crippen LogP contribution in [0.2, 0.25) is 0 Å². The van der Waals surface area contributed by atoms with Crippen LogP contribution in [-0.2, 0) is 37.5 Å². The Morgan fingerprint density at radius 3 is 1.41 bits per heavy atom. The van der Waals surface area contributed by atoms with Gasteiger partial charge in [-0.2, -0.15) is 0 Å². The number of carbonyl (C=O) groups is 3. The zero-order valence-corrected chi connectivity index (χ0v) is 36.3. The van der Waals surface area contributed by atoms with E-state index < -0.39 is 57.7 Å². The number of allylic oxidation sites excluding steroid dienone is 18. The molecule has 5 N–H and O–H groups in total. The summed E-state index contributed by atoms with van der Waals surface area (Å²) in [6.07, 6.45) is 48.7. The summed E-state index contributed by atoms with van der Waals surface area (Å²) in [5.41, 5.74) is 5.32. The molecule has 1 unspecified atom stereocenters. The largest absolute Gasteiger partial charge is 0.480 e. The number of ether oxygens (including phenoxy) is 2. The van der Waals surface area contributed by atoms with Crippen LogP contribution in [0.5, 0.6) is 0 Å². The molecule has 0 aromatic rings. The quantitative estimate of drug-likeness (QED) is 0.0201. The number of esters is 2. The van der Waals surface area contributed by atoms with E-state index in [1.165, 1.54) is 0 Å². The summed E-state index contributed by atoms with van der Waals surface area (Å²) in [5, 5.41) is 18.1. The van der Waals surface area contributed by atoms with Crippen molar-refractivity contribution >= 4 is 25.7 Å². The molecule has 0 rings (SSSR count). The van der Waals surface area contributed by atoms with E-state index in [0.29, 0.717) is 25.7 Å². The fraction of sp³-hybridized carbons (Fsp3) is 0.543. The smallest absolute Gasteiger partial charge is 0.472 e. The van der Waals surface area contributed by atoms with E-state index in [0.717, 1.165) is 70.6 Å². The number of rotatable bonds is 37. The molecule has 0 bridgehead atoms. The molecule has 12 nitrogen and oxygen atoms in total. The van der Waals surface area contributed by atoms with Gasteiger partial charge in [-0.3, -0.25) is 23.4 Å². The maximum absolute atomic E-state index is 12.6. The molecule has 0 amide bonds. The van der Waals surface area contributed by atoms with Crippen LogP contribution in [0, 0.1) is 0 Å². The Morgan fingerprint density at radius 2 is 0.983 bits per heavy atom. The first-order valence-electron chi connectivity index (χ1n) is 20.9. The molecular formula is C46H72NO11P. The lowest BCUT2D eigenvalue weighted by Gasteiger charge is -2.20. The van der Waals surface area contributed by atoms with Gasteiger partial charge >= 0.3 is 25.7 Å². The van der Waals surface area contributed by atoms with Crippen molar-refractivity contribution in [1.82, 2.24) is 0 Å². The van der Waals surface area contributed by atoms with Crippen molar-refractivity contribution < 1.29 is 52.6 Å². The zero-order valence-electron chi connectivity index (χ0n) is 35.4. The summed E-state index contributed by atoms with van der Waals surface area (Å²) in [4.78, 5) is 45.9. The van der Waals surface area contributed by atoms with Gasteiger partial charge in [0, 0.05) is 12.8 Å². The molecule has 0 fully saturated rings. The predicted molar refractivity (Wildman–Crippen MR) is 236 cm³/mol. The fourth-order valence-corrected chi connectivity index (χ4v) is 5.53. The topological polar surface area (TPSA) is 192 Å². The van der Waals surface area contributed by atoms with E-state index in [9.17, 15) is 28.9 Å². The Balaban J connectivity index is 4.60. The molecule has 0 aromatic carbocycles. The van der Waals surface area contributed by atoms with Crippen LogP contribution in [0.1, 0.15) is 123 Å². The van der Waals surface area contributed by atoms with Crippen LogP contribution in [-0.4, -0.2) is 71.1 Å². The van der Waals surface area contributed by atoms with Crippen molar-refractivity contribution in [3.8, 4) is 0 Å². The maximum atomic E-state index is 12.6. The second kappa shape index (κ2) is 39.6. The van der Waals surface area contributed by atoms with Crippen molar-refractivity contribution in [3.05, 3.63) is 109 Å². The van der Waals surface area contributed by atoms with Crippen LogP contribution in [0.4, 0.5) is 0 Å². The van der Waals surface area contributed by atoms with Crippen LogP contribution in [0.25, 0.3) is 0 Å². The summed E-state index contributed by atoms with van der Waals surface area (Å²) in [7, 11) is -4.76. The van der Waals surface area contributed by atoms with Gasteiger partial charge in [0.1, 0.15) is 12.6 Å². The zero-order chi connectivity index (χ0) is 43.7. The summed E-state index contributed by atoms with van der Waals surface area (Å²) in [6, 6.07) is -1.55. The minimum Gasteiger partial charge on any atom is -0.480 e. The normalized spacial score (nSPS) is 15.3. The van der Waals surface area contributed by atoms with Gasteiger partial charge in [-0.1, -0.05) is 116 Å². The number of aliphatic hydroxyl groups is 1.